The van der Waals surface area contributed by atoms with Crippen LogP contribution in [-0.2, 0) is 14.2 Å². The molecule has 8 heteroatoms. The van der Waals surface area contributed by atoms with Gasteiger partial charge in [-0.1, -0.05) is 0 Å². The Kier molecular flexibility index (Phi) is 3.70. The molecular formula is C12H16N2O6. The highest BCUT2D eigenvalue weighted by Crippen LogP contribution is 2.27. The van der Waals surface area contributed by atoms with Crippen molar-refractivity contribution in [3.63, 3.8) is 0 Å². The van der Waals surface area contributed by atoms with Gasteiger partial charge in [-0.25, -0.2) is 4.79 Å². The van der Waals surface area contributed by atoms with Gasteiger partial charge in [0.2, 0.25) is 0 Å². The number of rotatable bonds is 3. The average molecular weight is 284 g/mol. The first-order valence-corrected chi connectivity index (χ1v) is 6.54. The Labute approximate surface area is 113 Å². The number of nitrogens with zero attached hydrogens (tertiary/aromatic N) is 1. The summed E-state index contributed by atoms with van der Waals surface area (Å²) in [6.07, 6.45) is 1.17. The summed E-state index contributed by atoms with van der Waals surface area (Å²) in [7, 11) is 0. The Hall–Kier alpha value is -1.48. The number of aromatic amines is 1. The normalized spacial score (nSPS) is 27.2. The van der Waals surface area contributed by atoms with E-state index in [0.717, 1.165) is 0 Å². The molecule has 1 aromatic heterocycles. The van der Waals surface area contributed by atoms with Crippen molar-refractivity contribution < 1.29 is 19.3 Å². The van der Waals surface area contributed by atoms with Crippen LogP contribution in [0.3, 0.4) is 0 Å². The smallest absolute Gasteiger partial charge is 0.330 e. The second-order valence-corrected chi connectivity index (χ2v) is 4.80. The summed E-state index contributed by atoms with van der Waals surface area (Å²) in [4.78, 5) is 25.9. The van der Waals surface area contributed by atoms with Crippen LogP contribution in [0.2, 0.25) is 0 Å². The van der Waals surface area contributed by atoms with Gasteiger partial charge in [0, 0.05) is 6.20 Å². The predicted octanol–water partition coefficient (Wildman–Crippen LogP) is -0.748. The number of nitrogens with one attached hydrogen (secondary N) is 1. The van der Waals surface area contributed by atoms with Gasteiger partial charge in [0.1, 0.15) is 6.23 Å². The number of aromatic nitrogens is 2. The Bertz CT molecular complexity index is 588. The van der Waals surface area contributed by atoms with Gasteiger partial charge >= 0.3 is 5.69 Å². The summed E-state index contributed by atoms with van der Waals surface area (Å²) in [5.74, 6) is 0. The van der Waals surface area contributed by atoms with Crippen LogP contribution in [0.15, 0.2) is 15.8 Å². The molecule has 2 aliphatic heterocycles. The van der Waals surface area contributed by atoms with E-state index in [1.165, 1.54) is 10.8 Å². The lowest BCUT2D eigenvalue weighted by atomic mass is 10.2. The first-order valence-electron chi connectivity index (χ1n) is 6.54. The minimum Gasteiger partial charge on any atom is -0.394 e. The van der Waals surface area contributed by atoms with Crippen molar-refractivity contribution in [2.75, 3.05) is 19.8 Å². The fourth-order valence-electron chi connectivity index (χ4n) is 2.45. The predicted molar refractivity (Wildman–Crippen MR) is 66.2 cm³/mol. The summed E-state index contributed by atoms with van der Waals surface area (Å²) >= 11 is 0. The van der Waals surface area contributed by atoms with Crippen LogP contribution in [0.1, 0.15) is 30.9 Å². The number of hydrogen-bond acceptors (Lipinski definition) is 6. The molecule has 2 aliphatic rings. The molecule has 2 saturated heterocycles. The Morgan fingerprint density at radius 1 is 1.30 bits per heavy atom. The number of aliphatic hydroxyl groups excluding tert-OH is 1. The van der Waals surface area contributed by atoms with E-state index in [1.807, 2.05) is 0 Å². The molecule has 110 valence electrons. The lowest BCUT2D eigenvalue weighted by molar-refractivity contribution is -0.0482. The minimum absolute atomic E-state index is 0.0870. The van der Waals surface area contributed by atoms with E-state index in [9.17, 15) is 9.59 Å². The summed E-state index contributed by atoms with van der Waals surface area (Å²) in [6.45, 7) is 0.738. The standard InChI is InChI=1S/C12H16N2O6/c15-6-7-1-2-9(20-7)14-5-8(10(16)13-12(14)17)11-18-3-4-19-11/h5,7,9,11,15H,1-4,6H2,(H,13,16,17)/t7-,9?/m0/s1. The molecule has 20 heavy (non-hydrogen) atoms. The van der Waals surface area contributed by atoms with Gasteiger partial charge in [-0.2, -0.15) is 0 Å². The first-order chi connectivity index (χ1) is 9.69. The van der Waals surface area contributed by atoms with Gasteiger partial charge in [0.05, 0.1) is 31.5 Å². The first kappa shape index (κ1) is 13.5. The fraction of sp³-hybridized carbons (Fsp3) is 0.667. The SMILES string of the molecule is O=c1[nH]c(=O)n(C2CC[C@@H](CO)O2)cc1C1OCCO1. The average Bonchev–Trinajstić information content (AvgIpc) is 3.09. The van der Waals surface area contributed by atoms with Crippen molar-refractivity contribution in [2.24, 2.45) is 0 Å². The number of aliphatic hydroxyl groups is 1. The quantitative estimate of drug-likeness (QED) is 0.757. The molecule has 2 N–H and O–H groups in total. The largest absolute Gasteiger partial charge is 0.394 e. The highest BCUT2D eigenvalue weighted by molar-refractivity contribution is 5.07. The molecule has 0 aliphatic carbocycles. The summed E-state index contributed by atoms with van der Waals surface area (Å²) in [5.41, 5.74) is -0.812. The zero-order chi connectivity index (χ0) is 14.1. The van der Waals surface area contributed by atoms with Crippen molar-refractivity contribution in [3.8, 4) is 0 Å². The van der Waals surface area contributed by atoms with E-state index in [0.29, 0.717) is 26.1 Å². The molecule has 3 heterocycles. The molecule has 2 atom stereocenters. The van der Waals surface area contributed by atoms with Crippen LogP contribution in [0.4, 0.5) is 0 Å². The van der Waals surface area contributed by atoms with Gasteiger partial charge in [-0.3, -0.25) is 14.3 Å². The molecule has 2 fully saturated rings. The lowest BCUT2D eigenvalue weighted by Crippen LogP contribution is -2.35. The molecule has 3 rings (SSSR count). The van der Waals surface area contributed by atoms with Crippen LogP contribution >= 0.6 is 0 Å². The van der Waals surface area contributed by atoms with Crippen LogP contribution in [0.25, 0.3) is 0 Å². The number of ether oxygens (including phenoxy) is 3. The van der Waals surface area contributed by atoms with Crippen LogP contribution in [0, 0.1) is 0 Å². The molecule has 0 bridgehead atoms. The maximum Gasteiger partial charge on any atom is 0.330 e. The minimum atomic E-state index is -0.749. The van der Waals surface area contributed by atoms with Gasteiger partial charge in [-0.15, -0.1) is 0 Å². The monoisotopic (exact) mass is 284 g/mol. The van der Waals surface area contributed by atoms with E-state index in [1.54, 1.807) is 0 Å². The molecule has 0 spiro atoms. The molecule has 0 aromatic carbocycles. The third kappa shape index (κ3) is 2.42. The van der Waals surface area contributed by atoms with Gasteiger partial charge in [0.25, 0.3) is 5.56 Å². The van der Waals surface area contributed by atoms with Crippen molar-refractivity contribution in [1.82, 2.24) is 9.55 Å². The Morgan fingerprint density at radius 3 is 2.70 bits per heavy atom. The van der Waals surface area contributed by atoms with E-state index in [-0.39, 0.29) is 18.3 Å². The molecule has 0 saturated carbocycles. The highest BCUT2D eigenvalue weighted by atomic mass is 16.7. The zero-order valence-corrected chi connectivity index (χ0v) is 10.8. The van der Waals surface area contributed by atoms with Crippen molar-refractivity contribution >= 4 is 0 Å². The molecule has 1 unspecified atom stereocenters. The van der Waals surface area contributed by atoms with Crippen LogP contribution < -0.4 is 11.2 Å². The van der Waals surface area contributed by atoms with Crippen LogP contribution in [-0.4, -0.2) is 40.6 Å². The van der Waals surface area contributed by atoms with E-state index in [4.69, 9.17) is 19.3 Å². The Morgan fingerprint density at radius 2 is 2.05 bits per heavy atom. The van der Waals surface area contributed by atoms with Gasteiger partial charge in [0.15, 0.2) is 6.29 Å². The second kappa shape index (κ2) is 5.49. The van der Waals surface area contributed by atoms with Gasteiger partial charge in [-0.05, 0) is 12.8 Å². The van der Waals surface area contributed by atoms with Gasteiger partial charge < -0.3 is 19.3 Å². The van der Waals surface area contributed by atoms with E-state index in [2.05, 4.69) is 4.98 Å². The third-order valence-corrected chi connectivity index (χ3v) is 3.47. The molecule has 0 amide bonds. The topological polar surface area (TPSA) is 103 Å². The molecule has 1 aromatic rings. The highest BCUT2D eigenvalue weighted by Gasteiger charge is 2.29. The molecule has 8 nitrogen and oxygen atoms in total. The second-order valence-electron chi connectivity index (χ2n) is 4.80. The maximum atomic E-state index is 11.9. The van der Waals surface area contributed by atoms with E-state index < -0.39 is 23.8 Å². The molecule has 0 radical (unpaired) electrons. The van der Waals surface area contributed by atoms with Crippen LogP contribution in [0.5, 0.6) is 0 Å². The van der Waals surface area contributed by atoms with Crippen molar-refractivity contribution in [3.05, 3.63) is 32.6 Å². The summed E-state index contributed by atoms with van der Waals surface area (Å²) < 4.78 is 17.4. The summed E-state index contributed by atoms with van der Waals surface area (Å²) in [5, 5.41) is 9.06. The maximum absolute atomic E-state index is 11.9. The third-order valence-electron chi connectivity index (χ3n) is 3.47. The Balaban J connectivity index is 1.93. The zero-order valence-electron chi connectivity index (χ0n) is 10.8. The lowest BCUT2D eigenvalue weighted by Gasteiger charge is -2.17. The van der Waals surface area contributed by atoms with Crippen molar-refractivity contribution in [1.29, 1.82) is 0 Å². The number of hydrogen-bond donors (Lipinski definition) is 2. The molecular weight excluding hydrogens is 268 g/mol. The number of H-pyrrole nitrogens is 1. The summed E-state index contributed by atoms with van der Waals surface area (Å²) in [6, 6.07) is 0. The van der Waals surface area contributed by atoms with E-state index >= 15 is 0 Å². The fourth-order valence-corrected chi connectivity index (χ4v) is 2.45. The van der Waals surface area contributed by atoms with Crippen molar-refractivity contribution in [2.45, 2.75) is 31.5 Å².